The Morgan fingerprint density at radius 2 is 1.89 bits per heavy atom. The van der Waals surface area contributed by atoms with E-state index in [4.69, 9.17) is 23.2 Å². The van der Waals surface area contributed by atoms with Gasteiger partial charge in [-0.15, -0.1) is 0 Å². The van der Waals surface area contributed by atoms with Crippen LogP contribution >= 0.6 is 23.2 Å². The normalized spacial score (nSPS) is 15.5. The van der Waals surface area contributed by atoms with Gasteiger partial charge in [0.1, 0.15) is 0 Å². The molecular formula is C21H22Cl2N2O2. The zero-order chi connectivity index (χ0) is 19.2. The van der Waals surface area contributed by atoms with Crippen LogP contribution in [0.25, 0.3) is 0 Å². The van der Waals surface area contributed by atoms with Crippen molar-refractivity contribution >= 4 is 29.1 Å². The average Bonchev–Trinajstić information content (AvgIpc) is 2.70. The second kappa shape index (κ2) is 9.38. The minimum absolute atomic E-state index is 0.0522. The molecule has 0 fully saturated rings. The van der Waals surface area contributed by atoms with E-state index < -0.39 is 6.04 Å². The van der Waals surface area contributed by atoms with Crippen LogP contribution in [0.5, 0.6) is 0 Å². The zero-order valence-electron chi connectivity index (χ0n) is 14.9. The van der Waals surface area contributed by atoms with Crippen molar-refractivity contribution in [3.63, 3.8) is 0 Å². The van der Waals surface area contributed by atoms with Crippen LogP contribution < -0.4 is 0 Å². The first-order chi connectivity index (χ1) is 13.0. The van der Waals surface area contributed by atoms with Gasteiger partial charge in [-0.25, -0.2) is 5.06 Å². The van der Waals surface area contributed by atoms with Gasteiger partial charge in [-0.3, -0.25) is 14.9 Å². The summed E-state index contributed by atoms with van der Waals surface area (Å²) >= 11 is 12.0. The van der Waals surface area contributed by atoms with E-state index in [9.17, 15) is 10.0 Å². The largest absolute Gasteiger partial charge is 0.297 e. The molecule has 0 aliphatic carbocycles. The van der Waals surface area contributed by atoms with Gasteiger partial charge < -0.3 is 0 Å². The zero-order valence-corrected chi connectivity index (χ0v) is 16.4. The smallest absolute Gasteiger partial charge is 0.250 e. The highest BCUT2D eigenvalue weighted by molar-refractivity contribution is 6.42. The summed E-state index contributed by atoms with van der Waals surface area (Å²) < 4.78 is 0. The van der Waals surface area contributed by atoms with Crippen LogP contribution in [0.1, 0.15) is 23.6 Å². The fraction of sp³-hybridized carbons (Fsp3) is 0.286. The molecule has 6 heteroatoms. The van der Waals surface area contributed by atoms with E-state index in [1.165, 1.54) is 0 Å². The predicted octanol–water partition coefficient (Wildman–Crippen LogP) is 4.76. The Bertz CT molecular complexity index is 811. The number of amides is 1. The number of hydrogen-bond donors (Lipinski definition) is 1. The van der Waals surface area contributed by atoms with Gasteiger partial charge in [0.05, 0.1) is 22.5 Å². The fourth-order valence-electron chi connectivity index (χ4n) is 3.18. The van der Waals surface area contributed by atoms with Crippen LogP contribution in [0.15, 0.2) is 60.7 Å². The number of benzene rings is 2. The number of halogens is 2. The van der Waals surface area contributed by atoms with Gasteiger partial charge in [0.2, 0.25) is 0 Å². The summed E-state index contributed by atoms with van der Waals surface area (Å²) in [5, 5.41) is 12.4. The molecule has 0 saturated carbocycles. The molecule has 0 spiro atoms. The Labute approximate surface area is 169 Å². The van der Waals surface area contributed by atoms with Gasteiger partial charge in [0.25, 0.3) is 5.91 Å². The van der Waals surface area contributed by atoms with Crippen molar-refractivity contribution in [1.29, 1.82) is 0 Å². The van der Waals surface area contributed by atoms with E-state index in [0.717, 1.165) is 30.1 Å². The topological polar surface area (TPSA) is 43.8 Å². The molecule has 1 heterocycles. The SMILES string of the molecule is O=C(Cc1ccc(Cl)c(Cl)c1)N(O)C(CN1CC=CCC1)c1ccccc1. The van der Waals surface area contributed by atoms with Crippen molar-refractivity contribution in [2.45, 2.75) is 18.9 Å². The Morgan fingerprint density at radius 1 is 1.11 bits per heavy atom. The van der Waals surface area contributed by atoms with E-state index in [1.807, 2.05) is 30.3 Å². The summed E-state index contributed by atoms with van der Waals surface area (Å²) in [5.74, 6) is -0.380. The molecule has 1 aliphatic heterocycles. The molecular weight excluding hydrogens is 383 g/mol. The van der Waals surface area contributed by atoms with E-state index in [0.29, 0.717) is 22.2 Å². The third kappa shape index (κ3) is 5.33. The van der Waals surface area contributed by atoms with E-state index in [2.05, 4.69) is 17.1 Å². The summed E-state index contributed by atoms with van der Waals surface area (Å²) in [6.07, 6.45) is 5.30. The van der Waals surface area contributed by atoms with Crippen LogP contribution in [-0.4, -0.2) is 40.7 Å². The second-order valence-electron chi connectivity index (χ2n) is 6.61. The van der Waals surface area contributed by atoms with Crippen molar-refractivity contribution in [3.05, 3.63) is 81.9 Å². The molecule has 2 aromatic carbocycles. The maximum Gasteiger partial charge on any atom is 0.250 e. The molecule has 4 nitrogen and oxygen atoms in total. The van der Waals surface area contributed by atoms with Crippen LogP contribution in [0.4, 0.5) is 0 Å². The highest BCUT2D eigenvalue weighted by atomic mass is 35.5. The van der Waals surface area contributed by atoms with Crippen LogP contribution in [-0.2, 0) is 11.2 Å². The van der Waals surface area contributed by atoms with Gasteiger partial charge in [0.15, 0.2) is 0 Å². The number of hydrogen-bond acceptors (Lipinski definition) is 3. The van der Waals surface area contributed by atoms with Gasteiger partial charge in [-0.2, -0.15) is 0 Å². The third-order valence-corrected chi connectivity index (χ3v) is 5.39. The molecule has 1 amide bonds. The first-order valence-electron chi connectivity index (χ1n) is 8.92. The summed E-state index contributed by atoms with van der Waals surface area (Å²) in [5.41, 5.74) is 1.61. The van der Waals surface area contributed by atoms with Crippen molar-refractivity contribution in [1.82, 2.24) is 9.96 Å². The van der Waals surface area contributed by atoms with Gasteiger partial charge in [-0.05, 0) is 29.7 Å². The molecule has 2 aromatic rings. The maximum absolute atomic E-state index is 12.7. The van der Waals surface area contributed by atoms with Crippen LogP contribution in [0, 0.1) is 0 Å². The summed E-state index contributed by atoms with van der Waals surface area (Å²) in [6, 6.07) is 14.2. The molecule has 0 saturated heterocycles. The summed E-state index contributed by atoms with van der Waals surface area (Å²) in [7, 11) is 0. The number of carbonyl (C=O) groups excluding carboxylic acids is 1. The highest BCUT2D eigenvalue weighted by Gasteiger charge is 2.26. The Hall–Kier alpha value is -1.85. The Morgan fingerprint density at radius 3 is 2.56 bits per heavy atom. The van der Waals surface area contributed by atoms with Gasteiger partial charge in [-0.1, -0.05) is 71.8 Å². The molecule has 0 radical (unpaired) electrons. The molecule has 0 aromatic heterocycles. The van der Waals surface area contributed by atoms with Crippen molar-refractivity contribution < 1.29 is 10.0 Å². The fourth-order valence-corrected chi connectivity index (χ4v) is 3.50. The molecule has 1 unspecified atom stereocenters. The molecule has 0 bridgehead atoms. The Balaban J connectivity index is 1.76. The molecule has 3 rings (SSSR count). The Kier molecular flexibility index (Phi) is 6.91. The minimum atomic E-state index is -0.437. The average molecular weight is 405 g/mol. The standard InChI is InChI=1S/C21H22Cl2N2O2/c22-18-10-9-16(13-19(18)23)14-21(26)25(27)20(17-7-3-1-4-8-17)15-24-11-5-2-6-12-24/h1-5,7-10,13,20,27H,6,11-12,14-15H2. The quantitative estimate of drug-likeness (QED) is 0.428. The lowest BCUT2D eigenvalue weighted by atomic mass is 10.0. The minimum Gasteiger partial charge on any atom is -0.297 e. The lowest BCUT2D eigenvalue weighted by molar-refractivity contribution is -0.177. The molecule has 142 valence electrons. The van der Waals surface area contributed by atoms with E-state index in [-0.39, 0.29) is 12.3 Å². The van der Waals surface area contributed by atoms with Crippen molar-refractivity contribution in [3.8, 4) is 0 Å². The summed E-state index contributed by atoms with van der Waals surface area (Å²) in [6.45, 7) is 2.30. The van der Waals surface area contributed by atoms with Crippen LogP contribution in [0.3, 0.4) is 0 Å². The number of carbonyl (C=O) groups is 1. The van der Waals surface area contributed by atoms with Crippen LogP contribution in [0.2, 0.25) is 10.0 Å². The van der Waals surface area contributed by atoms with E-state index >= 15 is 0 Å². The molecule has 1 atom stereocenters. The lowest BCUT2D eigenvalue weighted by Crippen LogP contribution is -2.41. The molecule has 1 aliphatic rings. The monoisotopic (exact) mass is 404 g/mol. The van der Waals surface area contributed by atoms with Crippen molar-refractivity contribution in [2.24, 2.45) is 0 Å². The van der Waals surface area contributed by atoms with Gasteiger partial charge in [0, 0.05) is 19.6 Å². The lowest BCUT2D eigenvalue weighted by Gasteiger charge is -2.32. The van der Waals surface area contributed by atoms with Gasteiger partial charge >= 0.3 is 0 Å². The number of rotatable bonds is 6. The first-order valence-corrected chi connectivity index (χ1v) is 9.67. The number of hydroxylamine groups is 2. The predicted molar refractivity (Wildman–Crippen MR) is 108 cm³/mol. The third-order valence-electron chi connectivity index (χ3n) is 4.65. The summed E-state index contributed by atoms with van der Waals surface area (Å²) in [4.78, 5) is 15.0. The molecule has 27 heavy (non-hydrogen) atoms. The first kappa shape index (κ1) is 19.9. The van der Waals surface area contributed by atoms with Crippen molar-refractivity contribution in [2.75, 3.05) is 19.6 Å². The molecule has 1 N–H and O–H groups in total. The highest BCUT2D eigenvalue weighted by Crippen LogP contribution is 2.25. The second-order valence-corrected chi connectivity index (χ2v) is 7.42. The maximum atomic E-state index is 12.7. The van der Waals surface area contributed by atoms with E-state index in [1.54, 1.807) is 18.2 Å². The number of nitrogens with zero attached hydrogens (tertiary/aromatic N) is 2.